The van der Waals surface area contributed by atoms with E-state index in [1.807, 2.05) is 19.0 Å². The summed E-state index contributed by atoms with van der Waals surface area (Å²) in [5.74, 6) is -0.0387. The third kappa shape index (κ3) is 7.00. The van der Waals surface area contributed by atoms with Crippen LogP contribution in [0.15, 0.2) is 53.1 Å². The predicted octanol–water partition coefficient (Wildman–Crippen LogP) is 3.92. The monoisotopic (exact) mass is 438 g/mol. The number of hydrogen-bond acceptors (Lipinski definition) is 5. The molecule has 0 radical (unpaired) electrons. The number of carbonyl (C=O) groups is 1. The second-order valence-corrected chi connectivity index (χ2v) is 8.39. The Morgan fingerprint density at radius 2 is 1.81 bits per heavy atom. The number of oxazole rings is 1. The minimum atomic E-state index is -0.257. The van der Waals surface area contributed by atoms with Crippen molar-refractivity contribution in [1.29, 1.82) is 0 Å². The first kappa shape index (κ1) is 23.6. The summed E-state index contributed by atoms with van der Waals surface area (Å²) >= 11 is 0. The van der Waals surface area contributed by atoms with Crippen molar-refractivity contribution >= 4 is 5.91 Å². The molecule has 1 aromatic heterocycles. The molecule has 0 unspecified atom stereocenters. The molecule has 6 nitrogen and oxygen atoms in total. The predicted molar refractivity (Wildman–Crippen MR) is 123 cm³/mol. The number of likely N-dealkylation sites (N-methyl/N-ethyl adjacent to an activating group) is 1. The van der Waals surface area contributed by atoms with Gasteiger partial charge in [0.1, 0.15) is 12.1 Å². The van der Waals surface area contributed by atoms with Gasteiger partial charge >= 0.3 is 0 Å². The van der Waals surface area contributed by atoms with E-state index in [4.69, 9.17) is 4.42 Å². The van der Waals surface area contributed by atoms with Gasteiger partial charge in [-0.2, -0.15) is 0 Å². The van der Waals surface area contributed by atoms with Crippen LogP contribution in [0.3, 0.4) is 0 Å². The summed E-state index contributed by atoms with van der Waals surface area (Å²) < 4.78 is 18.9. The van der Waals surface area contributed by atoms with Crippen LogP contribution >= 0.6 is 0 Å². The standard InChI is InChI=1S/C25H31FN4O2/c1-18-5-8-21(19(2)13-18)15-30(14-20-6-9-22(26)10-7-20)16-24-28-23(17-32-24)25(31)27-11-12-29(3)4/h5-10,13,17H,11-12,14-16H2,1-4H3,(H,27,31). The van der Waals surface area contributed by atoms with Gasteiger partial charge in [-0.05, 0) is 56.8 Å². The molecule has 0 aliphatic rings. The van der Waals surface area contributed by atoms with Crippen LogP contribution in [-0.2, 0) is 19.6 Å². The Labute approximate surface area is 189 Å². The molecule has 32 heavy (non-hydrogen) atoms. The Hall–Kier alpha value is -3.03. The van der Waals surface area contributed by atoms with E-state index in [1.165, 1.54) is 35.1 Å². The van der Waals surface area contributed by atoms with E-state index in [2.05, 4.69) is 47.2 Å². The first-order chi connectivity index (χ1) is 15.3. The third-order valence-corrected chi connectivity index (χ3v) is 5.20. The van der Waals surface area contributed by atoms with Gasteiger partial charge in [-0.1, -0.05) is 35.9 Å². The van der Waals surface area contributed by atoms with Crippen molar-refractivity contribution in [2.24, 2.45) is 0 Å². The zero-order valence-electron chi connectivity index (χ0n) is 19.2. The molecule has 0 aliphatic carbocycles. The number of rotatable bonds is 10. The number of aryl methyl sites for hydroxylation is 2. The van der Waals surface area contributed by atoms with Gasteiger partial charge in [0, 0.05) is 26.2 Å². The maximum Gasteiger partial charge on any atom is 0.273 e. The van der Waals surface area contributed by atoms with E-state index in [9.17, 15) is 9.18 Å². The number of carbonyl (C=O) groups excluding carboxylic acids is 1. The van der Waals surface area contributed by atoms with E-state index >= 15 is 0 Å². The molecule has 0 bridgehead atoms. The minimum Gasteiger partial charge on any atom is -0.447 e. The van der Waals surface area contributed by atoms with Crippen molar-refractivity contribution in [3.63, 3.8) is 0 Å². The number of nitrogens with one attached hydrogen (secondary N) is 1. The number of aromatic nitrogens is 1. The quantitative estimate of drug-likeness (QED) is 0.520. The van der Waals surface area contributed by atoms with E-state index in [1.54, 1.807) is 12.1 Å². The molecule has 0 fully saturated rings. The highest BCUT2D eigenvalue weighted by Crippen LogP contribution is 2.18. The number of benzene rings is 2. The highest BCUT2D eigenvalue weighted by Gasteiger charge is 2.16. The number of hydrogen-bond donors (Lipinski definition) is 1. The fraction of sp³-hybridized carbons (Fsp3) is 0.360. The van der Waals surface area contributed by atoms with Gasteiger partial charge in [0.15, 0.2) is 5.69 Å². The van der Waals surface area contributed by atoms with Crippen LogP contribution in [0.2, 0.25) is 0 Å². The zero-order valence-corrected chi connectivity index (χ0v) is 19.2. The Balaban J connectivity index is 1.72. The second-order valence-electron chi connectivity index (χ2n) is 8.39. The maximum absolute atomic E-state index is 13.3. The molecule has 3 aromatic rings. The molecule has 0 atom stereocenters. The largest absolute Gasteiger partial charge is 0.447 e. The maximum atomic E-state index is 13.3. The molecule has 1 amide bonds. The fourth-order valence-electron chi connectivity index (χ4n) is 3.44. The highest BCUT2D eigenvalue weighted by molar-refractivity contribution is 5.91. The molecule has 3 rings (SSSR count). The lowest BCUT2D eigenvalue weighted by Crippen LogP contribution is -2.31. The van der Waals surface area contributed by atoms with E-state index in [-0.39, 0.29) is 17.4 Å². The van der Waals surface area contributed by atoms with Crippen molar-refractivity contribution in [3.8, 4) is 0 Å². The number of halogens is 1. The second kappa shape index (κ2) is 11.0. The lowest BCUT2D eigenvalue weighted by atomic mass is 10.0. The van der Waals surface area contributed by atoms with E-state index < -0.39 is 0 Å². The van der Waals surface area contributed by atoms with Crippen LogP contribution in [0.25, 0.3) is 0 Å². The Bertz CT molecular complexity index is 1030. The van der Waals surface area contributed by atoms with E-state index in [0.717, 1.165) is 12.1 Å². The molecule has 0 spiro atoms. The molecule has 0 saturated heterocycles. The molecule has 2 aromatic carbocycles. The fourth-order valence-corrected chi connectivity index (χ4v) is 3.44. The van der Waals surface area contributed by atoms with Crippen LogP contribution in [0.4, 0.5) is 4.39 Å². The Morgan fingerprint density at radius 1 is 1.06 bits per heavy atom. The molecular weight excluding hydrogens is 407 g/mol. The normalized spacial score (nSPS) is 11.3. The molecule has 1 N–H and O–H groups in total. The summed E-state index contributed by atoms with van der Waals surface area (Å²) in [6.45, 7) is 7.16. The molecule has 0 aliphatic heterocycles. The Kier molecular flexibility index (Phi) is 8.14. The number of amides is 1. The lowest BCUT2D eigenvalue weighted by molar-refractivity contribution is 0.0946. The first-order valence-corrected chi connectivity index (χ1v) is 10.7. The van der Waals surface area contributed by atoms with E-state index in [0.29, 0.717) is 32.1 Å². The van der Waals surface area contributed by atoms with Crippen molar-refractivity contribution in [2.45, 2.75) is 33.5 Å². The molecule has 170 valence electrons. The third-order valence-electron chi connectivity index (χ3n) is 5.20. The average Bonchev–Trinajstić information content (AvgIpc) is 3.20. The van der Waals surface area contributed by atoms with Gasteiger partial charge in [0.25, 0.3) is 5.91 Å². The van der Waals surface area contributed by atoms with Gasteiger partial charge in [0.2, 0.25) is 5.89 Å². The van der Waals surface area contributed by atoms with Crippen LogP contribution < -0.4 is 5.32 Å². The summed E-state index contributed by atoms with van der Waals surface area (Å²) in [6.07, 6.45) is 1.40. The van der Waals surface area contributed by atoms with Crippen LogP contribution in [-0.4, -0.2) is 47.9 Å². The topological polar surface area (TPSA) is 61.6 Å². The summed E-state index contributed by atoms with van der Waals surface area (Å²) in [4.78, 5) is 20.9. The summed E-state index contributed by atoms with van der Waals surface area (Å²) in [7, 11) is 3.90. The molecular formula is C25H31FN4O2. The van der Waals surface area contributed by atoms with Gasteiger partial charge in [-0.25, -0.2) is 9.37 Å². The minimum absolute atomic E-state index is 0.249. The van der Waals surface area contributed by atoms with Crippen LogP contribution in [0, 0.1) is 19.7 Å². The average molecular weight is 439 g/mol. The van der Waals surface area contributed by atoms with Crippen LogP contribution in [0.1, 0.15) is 38.6 Å². The first-order valence-electron chi connectivity index (χ1n) is 10.7. The summed E-state index contributed by atoms with van der Waals surface area (Å²) in [5, 5.41) is 2.84. The highest BCUT2D eigenvalue weighted by atomic mass is 19.1. The number of nitrogens with zero attached hydrogens (tertiary/aromatic N) is 3. The van der Waals surface area contributed by atoms with Crippen molar-refractivity contribution in [3.05, 3.63) is 88.4 Å². The van der Waals surface area contributed by atoms with Crippen molar-refractivity contribution in [2.75, 3.05) is 27.2 Å². The zero-order chi connectivity index (χ0) is 23.1. The SMILES string of the molecule is Cc1ccc(CN(Cc2ccc(F)cc2)Cc2nc(C(=O)NCCN(C)C)co2)c(C)c1. The van der Waals surface area contributed by atoms with Crippen LogP contribution in [0.5, 0.6) is 0 Å². The summed E-state index contributed by atoms with van der Waals surface area (Å²) in [6, 6.07) is 12.9. The molecule has 0 saturated carbocycles. The molecule has 1 heterocycles. The lowest BCUT2D eigenvalue weighted by Gasteiger charge is -2.22. The van der Waals surface area contributed by atoms with Gasteiger partial charge in [0.05, 0.1) is 6.54 Å². The smallest absolute Gasteiger partial charge is 0.273 e. The van der Waals surface area contributed by atoms with Crippen molar-refractivity contribution in [1.82, 2.24) is 20.1 Å². The van der Waals surface area contributed by atoms with Gasteiger partial charge in [-0.3, -0.25) is 9.69 Å². The van der Waals surface area contributed by atoms with Gasteiger partial charge in [-0.15, -0.1) is 0 Å². The molecule has 7 heteroatoms. The Morgan fingerprint density at radius 3 is 2.50 bits per heavy atom. The van der Waals surface area contributed by atoms with Crippen molar-refractivity contribution < 1.29 is 13.6 Å². The summed E-state index contributed by atoms with van der Waals surface area (Å²) in [5.41, 5.74) is 4.89. The van der Waals surface area contributed by atoms with Gasteiger partial charge < -0.3 is 14.6 Å².